The molecule has 0 atom stereocenters. The van der Waals surface area contributed by atoms with Gasteiger partial charge >= 0.3 is 6.03 Å². The van der Waals surface area contributed by atoms with Gasteiger partial charge in [0, 0.05) is 32.1 Å². The highest BCUT2D eigenvalue weighted by atomic mass is 16.5. The van der Waals surface area contributed by atoms with Crippen LogP contribution < -0.4 is 14.4 Å². The summed E-state index contributed by atoms with van der Waals surface area (Å²) in [6, 6.07) is 5.11. The molecule has 3 amide bonds. The number of methoxy groups -OCH3 is 2. The number of anilines is 1. The lowest BCUT2D eigenvalue weighted by molar-refractivity contribution is -0.132. The monoisotopic (exact) mass is 385 g/mol. The maximum absolute atomic E-state index is 12.9. The molecule has 2 aliphatic rings. The van der Waals surface area contributed by atoms with Crippen molar-refractivity contribution in [3.8, 4) is 11.5 Å². The van der Waals surface area contributed by atoms with E-state index < -0.39 is 0 Å². The molecule has 0 unspecified atom stereocenters. The van der Waals surface area contributed by atoms with Gasteiger partial charge in [-0.15, -0.1) is 0 Å². The second-order valence-electron chi connectivity index (χ2n) is 6.79. The first-order chi connectivity index (χ1) is 13.6. The molecular weight excluding hydrogens is 362 g/mol. The van der Waals surface area contributed by atoms with Crippen molar-refractivity contribution in [2.75, 3.05) is 45.3 Å². The highest BCUT2D eigenvalue weighted by molar-refractivity contribution is 5.98. The quantitative estimate of drug-likeness (QED) is 0.837. The zero-order valence-corrected chi connectivity index (χ0v) is 16.0. The average molecular weight is 385 g/mol. The number of ether oxygens (including phenoxy) is 2. The van der Waals surface area contributed by atoms with E-state index in [1.54, 1.807) is 53.4 Å². The van der Waals surface area contributed by atoms with Gasteiger partial charge in [0.25, 0.3) is 0 Å². The summed E-state index contributed by atoms with van der Waals surface area (Å²) in [7, 11) is 3.14. The van der Waals surface area contributed by atoms with E-state index in [0.29, 0.717) is 43.4 Å². The van der Waals surface area contributed by atoms with Crippen molar-refractivity contribution < 1.29 is 19.1 Å². The minimum atomic E-state index is -0.209. The maximum atomic E-state index is 12.9. The Labute approximate surface area is 162 Å². The summed E-state index contributed by atoms with van der Waals surface area (Å²) in [4.78, 5) is 37.9. The van der Waals surface area contributed by atoms with Crippen LogP contribution in [0.1, 0.15) is 11.4 Å². The number of nitrogens with one attached hydrogen (secondary N) is 1. The normalized spacial score (nSPS) is 16.4. The zero-order chi connectivity index (χ0) is 19.7. The number of nitrogens with zero attached hydrogens (tertiary/aromatic N) is 4. The fraction of sp³-hybridized carbons (Fsp3) is 0.421. The predicted octanol–water partition coefficient (Wildman–Crippen LogP) is 1.25. The van der Waals surface area contributed by atoms with E-state index in [4.69, 9.17) is 9.47 Å². The Bertz CT molecular complexity index is 896. The maximum Gasteiger partial charge on any atom is 0.325 e. The van der Waals surface area contributed by atoms with Crippen molar-refractivity contribution >= 4 is 17.6 Å². The lowest BCUT2D eigenvalue weighted by Gasteiger charge is -2.28. The number of H-pyrrole nitrogens is 1. The lowest BCUT2D eigenvalue weighted by Crippen LogP contribution is -2.44. The number of urea groups is 1. The van der Waals surface area contributed by atoms with E-state index >= 15 is 0 Å². The van der Waals surface area contributed by atoms with E-state index in [2.05, 4.69) is 9.97 Å². The number of hydrogen-bond donors (Lipinski definition) is 1. The summed E-state index contributed by atoms with van der Waals surface area (Å²) in [6.07, 6.45) is 2.38. The third-order valence-corrected chi connectivity index (χ3v) is 5.23. The molecule has 1 N–H and O–H groups in total. The van der Waals surface area contributed by atoms with Crippen molar-refractivity contribution in [1.82, 2.24) is 19.8 Å². The highest BCUT2D eigenvalue weighted by Crippen LogP contribution is 2.34. The molecule has 9 nitrogen and oxygen atoms in total. The number of carbonyl (C=O) groups is 2. The van der Waals surface area contributed by atoms with E-state index in [1.165, 1.54) is 0 Å². The molecule has 2 aliphatic heterocycles. The van der Waals surface area contributed by atoms with Gasteiger partial charge < -0.3 is 24.3 Å². The molecule has 1 fully saturated rings. The Balaban J connectivity index is 1.44. The summed E-state index contributed by atoms with van der Waals surface area (Å²) in [5.74, 6) is 1.17. The predicted molar refractivity (Wildman–Crippen MR) is 102 cm³/mol. The van der Waals surface area contributed by atoms with Gasteiger partial charge in [-0.25, -0.2) is 9.78 Å². The number of hydrogen-bond acceptors (Lipinski definition) is 5. The lowest BCUT2D eigenvalue weighted by atomic mass is 10.1. The number of fused-ring (bicyclic) bond motifs is 1. The number of benzene rings is 1. The van der Waals surface area contributed by atoms with Crippen molar-refractivity contribution in [2.24, 2.45) is 0 Å². The first-order valence-electron chi connectivity index (χ1n) is 9.18. The zero-order valence-electron chi connectivity index (χ0n) is 16.0. The van der Waals surface area contributed by atoms with Crippen molar-refractivity contribution in [3.63, 3.8) is 0 Å². The van der Waals surface area contributed by atoms with Crippen LogP contribution in [0.3, 0.4) is 0 Å². The molecule has 4 rings (SSSR count). The fourth-order valence-corrected chi connectivity index (χ4v) is 3.65. The minimum absolute atomic E-state index is 0.0606. The van der Waals surface area contributed by atoms with Gasteiger partial charge in [-0.05, 0) is 12.1 Å². The van der Waals surface area contributed by atoms with Crippen molar-refractivity contribution in [1.29, 1.82) is 0 Å². The molecule has 1 aromatic heterocycles. The van der Waals surface area contributed by atoms with Crippen LogP contribution in [0.4, 0.5) is 10.5 Å². The smallest absolute Gasteiger partial charge is 0.325 e. The van der Waals surface area contributed by atoms with Gasteiger partial charge in [0.15, 0.2) is 0 Å². The van der Waals surface area contributed by atoms with Crippen LogP contribution in [0.25, 0.3) is 0 Å². The Morgan fingerprint density at radius 3 is 2.86 bits per heavy atom. The van der Waals surface area contributed by atoms with E-state index in [0.717, 1.165) is 17.8 Å². The average Bonchev–Trinajstić information content (AvgIpc) is 3.33. The topological polar surface area (TPSA) is 91.0 Å². The molecule has 9 heteroatoms. The third-order valence-electron chi connectivity index (χ3n) is 5.23. The van der Waals surface area contributed by atoms with Gasteiger partial charge in [0.1, 0.15) is 18.0 Å². The largest absolute Gasteiger partial charge is 0.497 e. The number of aromatic nitrogens is 2. The SMILES string of the molecule is COc1ccc(OC)c(N2CCN(CC(=O)N3CCc4nc[nH]c4C3)C2=O)c1. The Kier molecular flexibility index (Phi) is 4.81. The first-order valence-corrected chi connectivity index (χ1v) is 9.18. The summed E-state index contributed by atoms with van der Waals surface area (Å²) in [5, 5.41) is 0. The molecule has 1 aromatic carbocycles. The Hall–Kier alpha value is -3.23. The molecule has 0 spiro atoms. The number of aromatic amines is 1. The van der Waals surface area contributed by atoms with Gasteiger partial charge in [0.2, 0.25) is 5.91 Å². The molecule has 148 valence electrons. The van der Waals surface area contributed by atoms with E-state index in [-0.39, 0.29) is 18.5 Å². The molecule has 0 aliphatic carbocycles. The van der Waals surface area contributed by atoms with Crippen LogP contribution in [0.5, 0.6) is 11.5 Å². The molecular formula is C19H23N5O4. The first kappa shape index (κ1) is 18.1. The van der Waals surface area contributed by atoms with E-state index in [1.807, 2.05) is 0 Å². The van der Waals surface area contributed by atoms with Gasteiger partial charge in [-0.3, -0.25) is 9.69 Å². The summed E-state index contributed by atoms with van der Waals surface area (Å²) >= 11 is 0. The molecule has 0 radical (unpaired) electrons. The van der Waals surface area contributed by atoms with Gasteiger partial charge in [-0.1, -0.05) is 0 Å². The number of imidazole rings is 1. The van der Waals surface area contributed by atoms with Crippen LogP contribution in [0.15, 0.2) is 24.5 Å². The standard InChI is InChI=1S/C19H23N5O4/c1-27-13-3-4-17(28-2)16(9-13)24-8-7-23(19(24)26)11-18(25)22-6-5-14-15(10-22)21-12-20-14/h3-4,9,12H,5-8,10-11H2,1-2H3,(H,20,21). The second kappa shape index (κ2) is 7.41. The van der Waals surface area contributed by atoms with Crippen molar-refractivity contribution in [2.45, 2.75) is 13.0 Å². The molecule has 2 aromatic rings. The van der Waals surface area contributed by atoms with Gasteiger partial charge in [-0.2, -0.15) is 0 Å². The molecule has 28 heavy (non-hydrogen) atoms. The minimum Gasteiger partial charge on any atom is -0.497 e. The van der Waals surface area contributed by atoms with Crippen LogP contribution >= 0.6 is 0 Å². The van der Waals surface area contributed by atoms with Crippen LogP contribution in [0.2, 0.25) is 0 Å². The van der Waals surface area contributed by atoms with Crippen molar-refractivity contribution in [3.05, 3.63) is 35.9 Å². The summed E-state index contributed by atoms with van der Waals surface area (Å²) in [5.41, 5.74) is 2.62. The van der Waals surface area contributed by atoms with Gasteiger partial charge in [0.05, 0.1) is 44.2 Å². The summed E-state index contributed by atoms with van der Waals surface area (Å²) < 4.78 is 10.7. The number of rotatable bonds is 5. The molecule has 0 saturated carbocycles. The molecule has 1 saturated heterocycles. The molecule has 0 bridgehead atoms. The Morgan fingerprint density at radius 1 is 1.21 bits per heavy atom. The highest BCUT2D eigenvalue weighted by Gasteiger charge is 2.34. The fourth-order valence-electron chi connectivity index (χ4n) is 3.65. The summed E-state index contributed by atoms with van der Waals surface area (Å²) in [6.45, 7) is 2.15. The molecule has 3 heterocycles. The third kappa shape index (κ3) is 3.23. The number of carbonyl (C=O) groups excluding carboxylic acids is 2. The van der Waals surface area contributed by atoms with Crippen LogP contribution in [0, 0.1) is 0 Å². The Morgan fingerprint density at radius 2 is 2.07 bits per heavy atom. The van der Waals surface area contributed by atoms with Crippen LogP contribution in [-0.4, -0.2) is 72.1 Å². The number of amides is 3. The second-order valence-corrected chi connectivity index (χ2v) is 6.79. The van der Waals surface area contributed by atoms with E-state index in [9.17, 15) is 9.59 Å². The van der Waals surface area contributed by atoms with Crippen LogP contribution in [-0.2, 0) is 17.8 Å².